The van der Waals surface area contributed by atoms with E-state index < -0.39 is 5.91 Å². The fraction of sp³-hybridized carbons (Fsp3) is 0. The first-order chi connectivity index (χ1) is 9.16. The van der Waals surface area contributed by atoms with Gasteiger partial charge in [0.2, 0.25) is 5.91 Å². The summed E-state index contributed by atoms with van der Waals surface area (Å²) in [5.41, 5.74) is 6.89. The molecule has 5 nitrogen and oxygen atoms in total. The molecule has 0 atom stereocenters. The Kier molecular flexibility index (Phi) is 2.45. The van der Waals surface area contributed by atoms with Gasteiger partial charge in [0, 0.05) is 17.3 Å². The van der Waals surface area contributed by atoms with E-state index in [0.717, 1.165) is 0 Å². The van der Waals surface area contributed by atoms with Crippen LogP contribution in [0.4, 0.5) is 0 Å². The summed E-state index contributed by atoms with van der Waals surface area (Å²) in [5, 5.41) is 10.3. The van der Waals surface area contributed by atoms with Crippen LogP contribution in [0.2, 0.25) is 0 Å². The van der Waals surface area contributed by atoms with E-state index in [2.05, 4.69) is 4.98 Å². The van der Waals surface area contributed by atoms with Gasteiger partial charge in [0.25, 0.3) is 5.95 Å². The summed E-state index contributed by atoms with van der Waals surface area (Å²) in [5.74, 6) is -0.196. The maximum atomic E-state index is 11.0. The number of benzene rings is 1. The Morgan fingerprint density at radius 1 is 1.21 bits per heavy atom. The molecule has 0 aliphatic heterocycles. The quantitative estimate of drug-likeness (QED) is 0.734. The second-order valence-electron chi connectivity index (χ2n) is 4.08. The second kappa shape index (κ2) is 4.13. The largest absolute Gasteiger partial charge is 0.480 e. The maximum absolute atomic E-state index is 11.0. The van der Waals surface area contributed by atoms with Crippen LogP contribution in [0.25, 0.3) is 22.2 Å². The molecule has 0 aliphatic rings. The van der Waals surface area contributed by atoms with Gasteiger partial charge in [-0.2, -0.15) is 0 Å². The number of furan rings is 1. The number of aromatic nitrogens is 1. The number of hydrogen-bond donors (Lipinski definition) is 2. The van der Waals surface area contributed by atoms with Crippen molar-refractivity contribution in [1.29, 1.82) is 0 Å². The molecule has 0 bridgehead atoms. The summed E-state index contributed by atoms with van der Waals surface area (Å²) < 4.78 is 5.33. The zero-order chi connectivity index (χ0) is 13.4. The van der Waals surface area contributed by atoms with Crippen molar-refractivity contribution < 1.29 is 14.3 Å². The molecule has 0 saturated heterocycles. The molecule has 0 radical (unpaired) electrons. The Bertz CT molecular complexity index is 760. The predicted molar refractivity (Wildman–Crippen MR) is 69.6 cm³/mol. The van der Waals surface area contributed by atoms with E-state index in [1.54, 1.807) is 42.6 Å². The summed E-state index contributed by atoms with van der Waals surface area (Å²) in [6, 6.07) is 10.1. The third kappa shape index (κ3) is 1.81. The van der Waals surface area contributed by atoms with Crippen LogP contribution in [0.15, 0.2) is 47.0 Å². The Morgan fingerprint density at radius 3 is 2.63 bits per heavy atom. The van der Waals surface area contributed by atoms with Crippen molar-refractivity contribution in [2.24, 2.45) is 5.73 Å². The fourth-order valence-electron chi connectivity index (χ4n) is 1.94. The number of rotatable bonds is 2. The average Bonchev–Trinajstić information content (AvgIpc) is 2.77. The number of nitrogens with zero attached hydrogens (tertiary/aromatic N) is 1. The number of primary amides is 1. The molecule has 3 rings (SSSR count). The van der Waals surface area contributed by atoms with E-state index >= 15 is 0 Å². The molecule has 0 saturated carbocycles. The number of aromatic hydroxyl groups is 1. The van der Waals surface area contributed by atoms with Crippen molar-refractivity contribution in [2.45, 2.75) is 0 Å². The van der Waals surface area contributed by atoms with Crippen molar-refractivity contribution in [3.8, 4) is 17.3 Å². The van der Waals surface area contributed by atoms with Crippen molar-refractivity contribution in [3.05, 3.63) is 48.2 Å². The lowest BCUT2D eigenvalue weighted by Gasteiger charge is -1.99. The van der Waals surface area contributed by atoms with Gasteiger partial charge in [-0.25, -0.2) is 0 Å². The first-order valence-electron chi connectivity index (χ1n) is 5.63. The van der Waals surface area contributed by atoms with Gasteiger partial charge in [0.05, 0.1) is 5.39 Å². The summed E-state index contributed by atoms with van der Waals surface area (Å²) >= 11 is 0. The van der Waals surface area contributed by atoms with Crippen LogP contribution >= 0.6 is 0 Å². The smallest absolute Gasteiger partial charge is 0.292 e. The zero-order valence-electron chi connectivity index (χ0n) is 9.83. The first-order valence-corrected chi connectivity index (χ1v) is 5.63. The van der Waals surface area contributed by atoms with Crippen molar-refractivity contribution in [1.82, 2.24) is 4.98 Å². The number of hydrogen-bond acceptors (Lipinski definition) is 4. The molecule has 94 valence electrons. The first kappa shape index (κ1) is 11.3. The lowest BCUT2D eigenvalue weighted by Crippen LogP contribution is -2.10. The normalized spacial score (nSPS) is 10.7. The summed E-state index contributed by atoms with van der Waals surface area (Å²) in [7, 11) is 0. The highest BCUT2D eigenvalue weighted by atomic mass is 16.5. The van der Waals surface area contributed by atoms with Crippen LogP contribution in [0.3, 0.4) is 0 Å². The summed E-state index contributed by atoms with van der Waals surface area (Å²) in [4.78, 5) is 15.2. The van der Waals surface area contributed by atoms with E-state index in [4.69, 9.17) is 10.2 Å². The molecule has 1 aromatic carbocycles. The number of pyridine rings is 1. The molecule has 19 heavy (non-hydrogen) atoms. The van der Waals surface area contributed by atoms with E-state index in [9.17, 15) is 9.90 Å². The highest BCUT2D eigenvalue weighted by molar-refractivity contribution is 5.96. The van der Waals surface area contributed by atoms with Crippen LogP contribution in [0, 0.1) is 0 Å². The van der Waals surface area contributed by atoms with Crippen molar-refractivity contribution >= 4 is 16.8 Å². The van der Waals surface area contributed by atoms with E-state index in [0.29, 0.717) is 27.8 Å². The summed E-state index contributed by atoms with van der Waals surface area (Å²) in [6.07, 6.45) is 1.62. The third-order valence-corrected chi connectivity index (χ3v) is 2.88. The highest BCUT2D eigenvalue weighted by Gasteiger charge is 2.15. The van der Waals surface area contributed by atoms with Gasteiger partial charge in [-0.1, -0.05) is 12.1 Å². The van der Waals surface area contributed by atoms with Crippen LogP contribution in [-0.2, 0) is 0 Å². The van der Waals surface area contributed by atoms with Crippen LogP contribution in [0.5, 0.6) is 5.95 Å². The molecule has 2 aromatic heterocycles. The van der Waals surface area contributed by atoms with Gasteiger partial charge in [-0.3, -0.25) is 9.78 Å². The molecule has 2 heterocycles. The molecular formula is C14H10N2O3. The maximum Gasteiger partial charge on any atom is 0.292 e. The third-order valence-electron chi connectivity index (χ3n) is 2.88. The Hall–Kier alpha value is -2.82. The average molecular weight is 254 g/mol. The molecule has 3 aromatic rings. The standard InChI is InChI=1S/C14H10N2O3/c15-13(17)9-5-3-8(4-6-9)12-11-10(14(18)19-12)2-1-7-16-11/h1-7,18H,(H2,15,17). The fourth-order valence-corrected chi connectivity index (χ4v) is 1.94. The monoisotopic (exact) mass is 254 g/mol. The molecule has 0 aliphatic carbocycles. The number of fused-ring (bicyclic) bond motifs is 1. The van der Waals surface area contributed by atoms with Crippen LogP contribution in [-0.4, -0.2) is 16.0 Å². The lowest BCUT2D eigenvalue weighted by molar-refractivity contribution is 0.100. The van der Waals surface area contributed by atoms with Crippen LogP contribution < -0.4 is 5.73 Å². The predicted octanol–water partition coefficient (Wildman–Crippen LogP) is 2.30. The Balaban J connectivity index is 2.16. The minimum atomic E-state index is -0.489. The molecule has 0 fully saturated rings. The summed E-state index contributed by atoms with van der Waals surface area (Å²) in [6.45, 7) is 0. The molecule has 0 unspecified atom stereocenters. The topological polar surface area (TPSA) is 89.4 Å². The molecule has 0 spiro atoms. The van der Waals surface area contributed by atoms with E-state index in [-0.39, 0.29) is 5.95 Å². The SMILES string of the molecule is NC(=O)c1ccc(-c2oc(O)c3cccnc23)cc1. The minimum absolute atomic E-state index is 0.169. The van der Waals surface area contributed by atoms with E-state index in [1.807, 2.05) is 0 Å². The molecule has 5 heteroatoms. The van der Waals surface area contributed by atoms with Gasteiger partial charge in [0.15, 0.2) is 5.76 Å². The Labute approximate surface area is 108 Å². The Morgan fingerprint density at radius 2 is 1.95 bits per heavy atom. The van der Waals surface area contributed by atoms with Gasteiger partial charge < -0.3 is 15.3 Å². The zero-order valence-corrected chi connectivity index (χ0v) is 9.83. The number of amides is 1. The van der Waals surface area contributed by atoms with E-state index in [1.165, 1.54) is 0 Å². The highest BCUT2D eigenvalue weighted by Crippen LogP contribution is 2.36. The lowest BCUT2D eigenvalue weighted by atomic mass is 10.1. The molecule has 3 N–H and O–H groups in total. The number of carbonyl (C=O) groups excluding carboxylic acids is 1. The number of carbonyl (C=O) groups is 1. The molecule has 1 amide bonds. The van der Waals surface area contributed by atoms with Crippen molar-refractivity contribution in [2.75, 3.05) is 0 Å². The molecular weight excluding hydrogens is 244 g/mol. The van der Waals surface area contributed by atoms with Gasteiger partial charge in [-0.15, -0.1) is 0 Å². The van der Waals surface area contributed by atoms with Crippen molar-refractivity contribution in [3.63, 3.8) is 0 Å². The second-order valence-corrected chi connectivity index (χ2v) is 4.08. The minimum Gasteiger partial charge on any atom is -0.480 e. The number of nitrogens with two attached hydrogens (primary N) is 1. The van der Waals surface area contributed by atoms with Gasteiger partial charge in [0.1, 0.15) is 5.52 Å². The van der Waals surface area contributed by atoms with Gasteiger partial charge >= 0.3 is 0 Å². The van der Waals surface area contributed by atoms with Crippen LogP contribution in [0.1, 0.15) is 10.4 Å². The van der Waals surface area contributed by atoms with Gasteiger partial charge in [-0.05, 0) is 24.3 Å².